The first-order chi connectivity index (χ1) is 9.45. The molecule has 2 heteroatoms. The summed E-state index contributed by atoms with van der Waals surface area (Å²) in [7, 11) is -1.31. The van der Waals surface area contributed by atoms with Gasteiger partial charge in [-0.05, 0) is 0 Å². The van der Waals surface area contributed by atoms with Crippen molar-refractivity contribution in [3.05, 3.63) is 91.0 Å². The van der Waals surface area contributed by atoms with E-state index >= 15 is 0 Å². The molecule has 0 aliphatic rings. The fourth-order valence-corrected chi connectivity index (χ4v) is 5.49. The van der Waals surface area contributed by atoms with Gasteiger partial charge in [-0.2, -0.15) is 0 Å². The van der Waals surface area contributed by atoms with Crippen LogP contribution in [0, 0.1) is 0 Å². The molecule has 3 aromatic carbocycles. The molecule has 0 nitrogen and oxygen atoms in total. The van der Waals surface area contributed by atoms with Crippen LogP contribution in [0.2, 0.25) is 0 Å². The summed E-state index contributed by atoms with van der Waals surface area (Å²) in [6, 6.07) is 32.7. The van der Waals surface area contributed by atoms with E-state index in [-0.39, 0.29) is 48.9 Å². The van der Waals surface area contributed by atoms with Gasteiger partial charge < -0.3 is 0 Å². The van der Waals surface area contributed by atoms with Crippen LogP contribution in [0.3, 0.4) is 0 Å². The minimum absolute atomic E-state index is 0. The molecule has 0 atom stereocenters. The molecule has 20 heavy (non-hydrogen) atoms. The third kappa shape index (κ3) is 3.76. The van der Waals surface area contributed by atoms with E-state index in [9.17, 15) is 0 Å². The zero-order valence-electron chi connectivity index (χ0n) is 10.7. The van der Waals surface area contributed by atoms with Crippen LogP contribution in [-0.2, 0) is 0 Å². The Morgan fingerprint density at radius 1 is 0.400 bits per heavy atom. The zero-order valence-corrected chi connectivity index (χ0v) is 11.9. The Morgan fingerprint density at radius 2 is 0.650 bits per heavy atom. The zero-order chi connectivity index (χ0) is 12.9. The van der Waals surface area contributed by atoms with Crippen molar-refractivity contribution < 1.29 is 0 Å². The summed E-state index contributed by atoms with van der Waals surface area (Å²) in [6.07, 6.45) is 0. The van der Waals surface area contributed by atoms with Crippen molar-refractivity contribution in [2.24, 2.45) is 0 Å². The van der Waals surface area contributed by atoms with Gasteiger partial charge in [-0.15, -0.1) is 0 Å². The van der Waals surface area contributed by atoms with Gasteiger partial charge in [0, 0.05) is 0 Å². The van der Waals surface area contributed by atoms with Crippen LogP contribution < -0.4 is 15.6 Å². The molecule has 0 amide bonds. The second-order valence-corrected chi connectivity index (χ2v) is 7.53. The molecule has 0 saturated heterocycles. The number of hydrogen-bond acceptors (Lipinski definition) is 0. The minimum atomic E-state index is -1.31. The molecule has 0 aromatic heterocycles. The van der Waals surface area contributed by atoms with Gasteiger partial charge in [0.15, 0.2) is 0 Å². The fourth-order valence-electron chi connectivity index (χ4n) is 2.51. The Bertz CT molecular complexity index is 529. The topological polar surface area (TPSA) is 0 Å². The summed E-state index contributed by atoms with van der Waals surface area (Å²) in [6.45, 7) is 0. The predicted octanol–water partition coefficient (Wildman–Crippen LogP) is 1.02. The number of rotatable bonds is 3. The number of benzene rings is 3. The Balaban J connectivity index is 0.00000147. The summed E-state index contributed by atoms with van der Waals surface area (Å²) in [5, 5.41) is 4.42. The molecular formula is C18H18BaSi. The van der Waals surface area contributed by atoms with Crippen molar-refractivity contribution in [3.63, 3.8) is 0 Å². The largest absolute Gasteiger partial charge is 0.132 e. The average Bonchev–Trinajstić information content (AvgIpc) is 2.51. The van der Waals surface area contributed by atoms with Crippen molar-refractivity contribution >= 4 is 73.2 Å². The van der Waals surface area contributed by atoms with E-state index in [1.165, 1.54) is 15.6 Å². The van der Waals surface area contributed by atoms with Crippen molar-refractivity contribution in [2.45, 2.75) is 0 Å². The maximum absolute atomic E-state index is 2.26. The van der Waals surface area contributed by atoms with Gasteiger partial charge in [-0.1, -0.05) is 107 Å². The van der Waals surface area contributed by atoms with Gasteiger partial charge in [0.1, 0.15) is 8.80 Å². The molecule has 0 unspecified atom stereocenters. The van der Waals surface area contributed by atoms with Crippen molar-refractivity contribution in [1.29, 1.82) is 0 Å². The number of hydrogen-bond donors (Lipinski definition) is 0. The Hall–Kier alpha value is -0.552. The smallest absolute Gasteiger partial charge is 0.0625 e. The predicted molar refractivity (Wildman–Crippen MR) is 93.9 cm³/mol. The van der Waals surface area contributed by atoms with Gasteiger partial charge in [-0.3, -0.25) is 0 Å². The average molecular weight is 400 g/mol. The van der Waals surface area contributed by atoms with Crippen LogP contribution in [-0.4, -0.2) is 57.7 Å². The van der Waals surface area contributed by atoms with Gasteiger partial charge in [-0.25, -0.2) is 0 Å². The third-order valence-electron chi connectivity index (χ3n) is 3.40. The molecule has 0 fully saturated rings. The summed E-state index contributed by atoms with van der Waals surface area (Å²) in [4.78, 5) is 0. The Labute approximate surface area is 162 Å². The van der Waals surface area contributed by atoms with Crippen LogP contribution in [0.5, 0.6) is 0 Å². The van der Waals surface area contributed by atoms with Crippen LogP contribution in [0.4, 0.5) is 0 Å². The van der Waals surface area contributed by atoms with E-state index < -0.39 is 8.80 Å². The van der Waals surface area contributed by atoms with Gasteiger partial charge in [0.2, 0.25) is 0 Å². The second-order valence-electron chi connectivity index (χ2n) is 4.67. The van der Waals surface area contributed by atoms with E-state index in [0.717, 1.165) is 0 Å². The maximum atomic E-state index is 2.26. The summed E-state index contributed by atoms with van der Waals surface area (Å²) in [5.74, 6) is 0. The molecule has 0 aliphatic carbocycles. The van der Waals surface area contributed by atoms with Crippen LogP contribution in [0.1, 0.15) is 0 Å². The van der Waals surface area contributed by atoms with E-state index in [1.54, 1.807) is 0 Å². The van der Waals surface area contributed by atoms with E-state index in [4.69, 9.17) is 0 Å². The fraction of sp³-hybridized carbons (Fsp3) is 0. The van der Waals surface area contributed by atoms with Crippen LogP contribution >= 0.6 is 0 Å². The molecule has 0 radical (unpaired) electrons. The summed E-state index contributed by atoms with van der Waals surface area (Å²) >= 11 is 0. The van der Waals surface area contributed by atoms with Gasteiger partial charge in [0.05, 0.1) is 0 Å². The SMILES string of the molecule is [BaH2].c1ccc([SiH](c2ccccc2)c2ccccc2)cc1. The summed E-state index contributed by atoms with van der Waals surface area (Å²) in [5.41, 5.74) is 0. The minimum Gasteiger partial charge on any atom is -0.0625 e. The van der Waals surface area contributed by atoms with Gasteiger partial charge in [0.25, 0.3) is 0 Å². The van der Waals surface area contributed by atoms with E-state index in [0.29, 0.717) is 0 Å². The molecule has 0 heterocycles. The third-order valence-corrected chi connectivity index (χ3v) is 6.55. The van der Waals surface area contributed by atoms with E-state index in [2.05, 4.69) is 91.0 Å². The molecule has 0 N–H and O–H groups in total. The van der Waals surface area contributed by atoms with Crippen LogP contribution in [0.15, 0.2) is 91.0 Å². The first-order valence-corrected chi connectivity index (χ1v) is 8.33. The molecule has 96 valence electrons. The van der Waals surface area contributed by atoms with Crippen molar-refractivity contribution in [3.8, 4) is 0 Å². The molecule has 0 bridgehead atoms. The van der Waals surface area contributed by atoms with Crippen molar-refractivity contribution in [2.75, 3.05) is 0 Å². The Morgan fingerprint density at radius 3 is 0.900 bits per heavy atom. The summed E-state index contributed by atoms with van der Waals surface area (Å²) < 4.78 is 0. The van der Waals surface area contributed by atoms with Gasteiger partial charge >= 0.3 is 48.9 Å². The standard InChI is InChI=1S/C18H16Si.Ba.2H/c1-4-10-16(11-5-1)19(17-12-6-2-7-13-17)18-14-8-3-9-15-18;;;/h1-15,19H;;;. The molecule has 0 saturated carbocycles. The molecule has 0 aliphatic heterocycles. The molecular weight excluding hydrogens is 382 g/mol. The quantitative estimate of drug-likeness (QED) is 0.456. The maximum Gasteiger partial charge on any atom is 0.132 e. The normalized spacial score (nSPS) is 10.1. The van der Waals surface area contributed by atoms with E-state index in [1.807, 2.05) is 0 Å². The monoisotopic (exact) mass is 400 g/mol. The van der Waals surface area contributed by atoms with Crippen LogP contribution in [0.25, 0.3) is 0 Å². The molecule has 3 aromatic rings. The first kappa shape index (κ1) is 15.8. The molecule has 3 rings (SSSR count). The molecule has 0 spiro atoms. The van der Waals surface area contributed by atoms with Crippen molar-refractivity contribution in [1.82, 2.24) is 0 Å². The first-order valence-electron chi connectivity index (χ1n) is 6.60. The Kier molecular flexibility index (Phi) is 6.36. The second kappa shape index (κ2) is 8.03.